The van der Waals surface area contributed by atoms with E-state index in [0.29, 0.717) is 0 Å². The van der Waals surface area contributed by atoms with Gasteiger partial charge in [0.1, 0.15) is 0 Å². The van der Waals surface area contributed by atoms with E-state index in [4.69, 9.17) is 19.7 Å². The number of aliphatic hydroxyl groups is 1. The molecule has 1 atom stereocenters. The van der Waals surface area contributed by atoms with Gasteiger partial charge in [0.25, 0.3) is 5.97 Å². The van der Waals surface area contributed by atoms with Crippen molar-refractivity contribution in [1.82, 2.24) is 0 Å². The molecule has 66 valence electrons. The highest BCUT2D eigenvalue weighted by atomic mass is 16.6. The molecule has 0 radical (unpaired) electrons. The van der Waals surface area contributed by atoms with E-state index < -0.39 is 12.3 Å². The number of rotatable bonds is 0. The van der Waals surface area contributed by atoms with Crippen LogP contribution < -0.4 is 0 Å². The lowest BCUT2D eigenvalue weighted by Gasteiger charge is -2.16. The zero-order valence-corrected chi connectivity index (χ0v) is 6.62. The van der Waals surface area contributed by atoms with Crippen LogP contribution in [0.2, 0.25) is 0 Å². The summed E-state index contributed by atoms with van der Waals surface area (Å²) in [6.07, 6.45) is 2.58. The summed E-state index contributed by atoms with van der Waals surface area (Å²) in [7, 11) is 0. The molecule has 1 unspecified atom stereocenters. The van der Waals surface area contributed by atoms with E-state index in [1.807, 2.05) is 0 Å². The maximum atomic E-state index is 9.00. The van der Waals surface area contributed by atoms with Gasteiger partial charge in [0.15, 0.2) is 6.29 Å². The monoisotopic (exact) mass is 162 g/mol. The molecule has 0 amide bonds. The van der Waals surface area contributed by atoms with E-state index >= 15 is 0 Å². The van der Waals surface area contributed by atoms with Crippen LogP contribution in [0.4, 0.5) is 0 Å². The molecule has 1 fully saturated rings. The molecule has 0 aliphatic carbocycles. The summed E-state index contributed by atoms with van der Waals surface area (Å²) >= 11 is 0. The van der Waals surface area contributed by atoms with Crippen molar-refractivity contribution in [3.05, 3.63) is 0 Å². The third-order valence-electron chi connectivity index (χ3n) is 1.16. The maximum absolute atomic E-state index is 9.00. The number of ether oxygens (including phenoxy) is 1. The first-order valence-corrected chi connectivity index (χ1v) is 3.62. The van der Waals surface area contributed by atoms with Crippen molar-refractivity contribution in [3.8, 4) is 0 Å². The van der Waals surface area contributed by atoms with E-state index in [1.165, 1.54) is 0 Å². The van der Waals surface area contributed by atoms with E-state index in [0.717, 1.165) is 32.8 Å². The van der Waals surface area contributed by atoms with Crippen LogP contribution in [0.5, 0.6) is 0 Å². The summed E-state index contributed by atoms with van der Waals surface area (Å²) in [5.41, 5.74) is 0. The van der Waals surface area contributed by atoms with Crippen LogP contribution in [0.1, 0.15) is 26.2 Å². The smallest absolute Gasteiger partial charge is 0.300 e. The Bertz CT molecular complexity index is 103. The normalized spacial score (nSPS) is 23.3. The minimum atomic E-state index is -0.833. The van der Waals surface area contributed by atoms with Gasteiger partial charge in [-0.05, 0) is 19.3 Å². The van der Waals surface area contributed by atoms with Gasteiger partial charge in [-0.25, -0.2) is 0 Å². The van der Waals surface area contributed by atoms with Crippen LogP contribution in [-0.2, 0) is 9.53 Å². The fourth-order valence-corrected chi connectivity index (χ4v) is 0.724. The van der Waals surface area contributed by atoms with Gasteiger partial charge >= 0.3 is 0 Å². The van der Waals surface area contributed by atoms with Crippen LogP contribution >= 0.6 is 0 Å². The second kappa shape index (κ2) is 6.12. The number of carbonyl (C=O) groups is 1. The first kappa shape index (κ1) is 10.4. The highest BCUT2D eigenvalue weighted by Crippen LogP contribution is 2.08. The van der Waals surface area contributed by atoms with Gasteiger partial charge in [-0.1, -0.05) is 0 Å². The Morgan fingerprint density at radius 2 is 2.09 bits per heavy atom. The van der Waals surface area contributed by atoms with E-state index in [1.54, 1.807) is 0 Å². The zero-order chi connectivity index (χ0) is 8.69. The van der Waals surface area contributed by atoms with Crippen molar-refractivity contribution < 1.29 is 19.7 Å². The summed E-state index contributed by atoms with van der Waals surface area (Å²) in [5.74, 6) is -0.833. The third-order valence-corrected chi connectivity index (χ3v) is 1.16. The molecule has 0 aromatic rings. The fourth-order valence-electron chi connectivity index (χ4n) is 0.724. The Hall–Kier alpha value is -0.610. The van der Waals surface area contributed by atoms with Crippen LogP contribution in [0, 0.1) is 0 Å². The van der Waals surface area contributed by atoms with Crippen molar-refractivity contribution in [2.24, 2.45) is 0 Å². The molecule has 2 N–H and O–H groups in total. The Balaban J connectivity index is 0.000000218. The van der Waals surface area contributed by atoms with Gasteiger partial charge in [-0.15, -0.1) is 0 Å². The molecule has 0 saturated carbocycles. The predicted octanol–water partition coefficient (Wildman–Crippen LogP) is 0.596. The van der Waals surface area contributed by atoms with Gasteiger partial charge in [-0.3, -0.25) is 4.79 Å². The summed E-state index contributed by atoms with van der Waals surface area (Å²) in [6, 6.07) is 0. The van der Waals surface area contributed by atoms with Crippen LogP contribution in [0.15, 0.2) is 0 Å². The van der Waals surface area contributed by atoms with Gasteiger partial charge in [0.05, 0.1) is 0 Å². The SMILES string of the molecule is CC(=O)O.OC1CCCCO1. The van der Waals surface area contributed by atoms with Gasteiger partial charge < -0.3 is 14.9 Å². The van der Waals surface area contributed by atoms with Crippen molar-refractivity contribution in [2.45, 2.75) is 32.5 Å². The van der Waals surface area contributed by atoms with E-state index in [-0.39, 0.29) is 0 Å². The molecule has 1 heterocycles. The Morgan fingerprint density at radius 3 is 2.27 bits per heavy atom. The molecule has 1 rings (SSSR count). The Kier molecular flexibility index (Phi) is 5.78. The molecule has 0 bridgehead atoms. The summed E-state index contributed by atoms with van der Waals surface area (Å²) in [6.45, 7) is 1.82. The molecule has 0 spiro atoms. The second-order valence-corrected chi connectivity index (χ2v) is 2.34. The van der Waals surface area contributed by atoms with Crippen molar-refractivity contribution in [2.75, 3.05) is 6.61 Å². The molecular weight excluding hydrogens is 148 g/mol. The number of hydrogen-bond acceptors (Lipinski definition) is 3. The minimum absolute atomic E-state index is 0.464. The quantitative estimate of drug-likeness (QED) is 0.547. The first-order valence-electron chi connectivity index (χ1n) is 3.62. The van der Waals surface area contributed by atoms with Crippen molar-refractivity contribution in [1.29, 1.82) is 0 Å². The molecule has 4 nitrogen and oxygen atoms in total. The first-order chi connectivity index (χ1) is 5.13. The predicted molar refractivity (Wildman–Crippen MR) is 39.1 cm³/mol. The van der Waals surface area contributed by atoms with Crippen molar-refractivity contribution >= 4 is 5.97 Å². The lowest BCUT2D eigenvalue weighted by atomic mass is 10.2. The number of aliphatic carboxylic acids is 1. The maximum Gasteiger partial charge on any atom is 0.300 e. The van der Waals surface area contributed by atoms with Crippen LogP contribution in [0.3, 0.4) is 0 Å². The fraction of sp³-hybridized carbons (Fsp3) is 0.857. The topological polar surface area (TPSA) is 66.8 Å². The summed E-state index contributed by atoms with van der Waals surface area (Å²) in [5, 5.41) is 16.1. The van der Waals surface area contributed by atoms with Gasteiger partial charge in [0, 0.05) is 13.5 Å². The minimum Gasteiger partial charge on any atom is -0.481 e. The van der Waals surface area contributed by atoms with E-state index in [9.17, 15) is 0 Å². The molecule has 4 heteroatoms. The second-order valence-electron chi connectivity index (χ2n) is 2.34. The molecule has 0 aromatic carbocycles. The van der Waals surface area contributed by atoms with Crippen LogP contribution in [-0.4, -0.2) is 29.1 Å². The average molecular weight is 162 g/mol. The van der Waals surface area contributed by atoms with Gasteiger partial charge in [-0.2, -0.15) is 0 Å². The molecular formula is C7H14O4. The molecule has 11 heavy (non-hydrogen) atoms. The highest BCUT2D eigenvalue weighted by Gasteiger charge is 2.07. The molecule has 0 aromatic heterocycles. The lowest BCUT2D eigenvalue weighted by Crippen LogP contribution is -2.17. The average Bonchev–Trinajstić information content (AvgIpc) is 1.87. The molecule has 1 aliphatic heterocycles. The van der Waals surface area contributed by atoms with E-state index in [2.05, 4.69) is 0 Å². The van der Waals surface area contributed by atoms with Gasteiger partial charge in [0.2, 0.25) is 0 Å². The molecule has 1 aliphatic rings. The standard InChI is InChI=1S/C5H10O2.C2H4O2/c6-5-3-1-2-4-7-5;1-2(3)4/h5-6H,1-4H2;1H3,(H,3,4). The number of carboxylic acids is 1. The van der Waals surface area contributed by atoms with Crippen LogP contribution in [0.25, 0.3) is 0 Å². The number of aliphatic hydroxyl groups excluding tert-OH is 1. The highest BCUT2D eigenvalue weighted by molar-refractivity contribution is 5.62. The van der Waals surface area contributed by atoms with Crippen molar-refractivity contribution in [3.63, 3.8) is 0 Å². The summed E-state index contributed by atoms with van der Waals surface area (Å²) in [4.78, 5) is 9.00. The molecule has 1 saturated heterocycles. The lowest BCUT2D eigenvalue weighted by molar-refractivity contribution is -0.134. The summed E-state index contributed by atoms with van der Waals surface area (Å²) < 4.78 is 4.83. The Morgan fingerprint density at radius 1 is 1.55 bits per heavy atom. The zero-order valence-electron chi connectivity index (χ0n) is 6.62. The number of carboxylic acid groups (broad SMARTS) is 1. The Labute approximate surface area is 65.8 Å². The number of hydrogen-bond donors (Lipinski definition) is 2. The largest absolute Gasteiger partial charge is 0.481 e. The third kappa shape index (κ3) is 9.39.